The Labute approximate surface area is 178 Å². The van der Waals surface area contributed by atoms with Crippen molar-refractivity contribution in [2.24, 2.45) is 0 Å². The van der Waals surface area contributed by atoms with Crippen LogP contribution in [-0.2, 0) is 9.53 Å². The first-order valence-corrected chi connectivity index (χ1v) is 11.7. The summed E-state index contributed by atoms with van der Waals surface area (Å²) in [6, 6.07) is 7.95. The van der Waals surface area contributed by atoms with Crippen molar-refractivity contribution in [3.05, 3.63) is 36.0 Å². The molecule has 0 aliphatic heterocycles. The second-order valence-corrected chi connectivity index (χ2v) is 9.38. The molecule has 1 fully saturated rings. The molecule has 2 heterocycles. The first-order valence-electron chi connectivity index (χ1n) is 9.89. The van der Waals surface area contributed by atoms with E-state index in [0.717, 1.165) is 57.8 Å². The number of ether oxygens (including phenoxy) is 2. The number of nitrogens with zero attached hydrogens (tertiary/aromatic N) is 2. The van der Waals surface area contributed by atoms with E-state index in [9.17, 15) is 4.79 Å². The number of aromatic nitrogens is 2. The quantitative estimate of drug-likeness (QED) is 0.284. The second-order valence-electron chi connectivity index (χ2n) is 7.19. The Hall–Kier alpha value is -2.12. The third-order valence-corrected chi connectivity index (χ3v) is 7.16. The van der Waals surface area contributed by atoms with E-state index in [-0.39, 0.29) is 17.3 Å². The highest BCUT2D eigenvalue weighted by Crippen LogP contribution is 2.39. The van der Waals surface area contributed by atoms with E-state index in [1.165, 1.54) is 18.2 Å². The number of methoxy groups -OCH3 is 1. The molecule has 1 saturated carbocycles. The molecule has 152 valence electrons. The Balaban J connectivity index is 1.56. The number of benzene rings is 1. The monoisotopic (exact) mass is 428 g/mol. The van der Waals surface area contributed by atoms with E-state index in [1.807, 2.05) is 31.2 Å². The summed E-state index contributed by atoms with van der Waals surface area (Å²) in [6.07, 6.45) is 7.13. The molecule has 0 N–H and O–H groups in total. The lowest BCUT2D eigenvalue weighted by atomic mass is 9.98. The summed E-state index contributed by atoms with van der Waals surface area (Å²) >= 11 is 3.03. The summed E-state index contributed by atoms with van der Waals surface area (Å²) in [4.78, 5) is 22.5. The zero-order chi connectivity index (χ0) is 20.2. The van der Waals surface area contributed by atoms with E-state index >= 15 is 0 Å². The number of hydrogen-bond acceptors (Lipinski definition) is 7. The highest BCUT2D eigenvalue weighted by atomic mass is 32.2. The fourth-order valence-electron chi connectivity index (χ4n) is 3.58. The highest BCUT2D eigenvalue weighted by Gasteiger charge is 2.24. The minimum Gasteiger partial charge on any atom is -0.497 e. The lowest BCUT2D eigenvalue weighted by Gasteiger charge is -2.23. The first kappa shape index (κ1) is 20.2. The summed E-state index contributed by atoms with van der Waals surface area (Å²) in [5.41, 5.74) is 2.15. The summed E-state index contributed by atoms with van der Waals surface area (Å²) < 4.78 is 11.0. The van der Waals surface area contributed by atoms with E-state index in [0.29, 0.717) is 0 Å². The van der Waals surface area contributed by atoms with E-state index in [4.69, 9.17) is 9.47 Å². The Bertz CT molecular complexity index is 981. The maximum atomic E-state index is 12.6. The van der Waals surface area contributed by atoms with Gasteiger partial charge in [-0.2, -0.15) is 0 Å². The molecule has 1 unspecified atom stereocenters. The third kappa shape index (κ3) is 4.56. The second kappa shape index (κ2) is 9.13. The Morgan fingerprint density at radius 1 is 1.17 bits per heavy atom. The van der Waals surface area contributed by atoms with Crippen molar-refractivity contribution < 1.29 is 14.3 Å². The number of esters is 1. The van der Waals surface area contributed by atoms with Crippen LogP contribution in [0, 0.1) is 0 Å². The minimum atomic E-state index is -0.321. The molecule has 1 aliphatic rings. The summed E-state index contributed by atoms with van der Waals surface area (Å²) in [7, 11) is 1.66. The maximum absolute atomic E-state index is 12.6. The van der Waals surface area contributed by atoms with Crippen LogP contribution in [0.5, 0.6) is 5.75 Å². The van der Waals surface area contributed by atoms with Crippen LogP contribution in [0.2, 0.25) is 0 Å². The van der Waals surface area contributed by atoms with E-state index in [2.05, 4.69) is 15.3 Å². The van der Waals surface area contributed by atoms with Crippen LogP contribution in [0.1, 0.15) is 39.0 Å². The molecule has 0 radical (unpaired) electrons. The molecule has 29 heavy (non-hydrogen) atoms. The predicted octanol–water partition coefficient (Wildman–Crippen LogP) is 5.72. The fourth-order valence-corrected chi connectivity index (χ4v) is 5.48. The lowest BCUT2D eigenvalue weighted by Crippen LogP contribution is -2.26. The molecule has 0 saturated heterocycles. The van der Waals surface area contributed by atoms with Gasteiger partial charge < -0.3 is 9.47 Å². The topological polar surface area (TPSA) is 61.3 Å². The van der Waals surface area contributed by atoms with Gasteiger partial charge >= 0.3 is 5.97 Å². The molecule has 0 amide bonds. The summed E-state index contributed by atoms with van der Waals surface area (Å²) in [6.45, 7) is 1.89. The Morgan fingerprint density at radius 2 is 1.93 bits per heavy atom. The van der Waals surface area contributed by atoms with Gasteiger partial charge in [-0.25, -0.2) is 9.97 Å². The van der Waals surface area contributed by atoms with Gasteiger partial charge in [0.25, 0.3) is 0 Å². The SMILES string of the molecule is COc1ccc(-c2csc3ncnc(SC(C)C(=O)OC4CCCCC4)c23)cc1. The molecule has 0 bridgehead atoms. The number of thioether (sulfide) groups is 1. The van der Waals surface area contributed by atoms with Crippen LogP contribution in [-0.4, -0.2) is 34.4 Å². The van der Waals surface area contributed by atoms with E-state index < -0.39 is 0 Å². The molecular formula is C22H24N2O3S2. The van der Waals surface area contributed by atoms with Gasteiger partial charge in [0.05, 0.1) is 12.5 Å². The van der Waals surface area contributed by atoms with Crippen LogP contribution in [0.15, 0.2) is 41.0 Å². The van der Waals surface area contributed by atoms with Crippen molar-refractivity contribution in [3.8, 4) is 16.9 Å². The summed E-state index contributed by atoms with van der Waals surface area (Å²) in [5.74, 6) is 0.660. The van der Waals surface area contributed by atoms with Crippen LogP contribution in [0.4, 0.5) is 0 Å². The number of fused-ring (bicyclic) bond motifs is 1. The molecule has 7 heteroatoms. The van der Waals surface area contributed by atoms with Gasteiger partial charge in [-0.05, 0) is 50.3 Å². The standard InChI is InChI=1S/C22H24N2O3S2/c1-14(22(25)27-17-6-4-3-5-7-17)29-21-19-18(12-28-20(19)23-13-24-21)15-8-10-16(26-2)11-9-15/h8-14,17H,3-7H2,1-2H3. The summed E-state index contributed by atoms with van der Waals surface area (Å²) in [5, 5.41) is 3.58. The smallest absolute Gasteiger partial charge is 0.319 e. The van der Waals surface area contributed by atoms with Gasteiger partial charge in [-0.3, -0.25) is 4.79 Å². The maximum Gasteiger partial charge on any atom is 0.319 e. The number of thiophene rings is 1. The van der Waals surface area contributed by atoms with Crippen molar-refractivity contribution in [2.75, 3.05) is 7.11 Å². The van der Waals surface area contributed by atoms with Gasteiger partial charge in [0.15, 0.2) is 0 Å². The van der Waals surface area contributed by atoms with Gasteiger partial charge in [0, 0.05) is 10.9 Å². The van der Waals surface area contributed by atoms with Crippen LogP contribution in [0.25, 0.3) is 21.3 Å². The molecule has 3 aromatic rings. The normalized spacial score (nSPS) is 15.9. The van der Waals surface area contributed by atoms with Gasteiger partial charge in [0.2, 0.25) is 0 Å². The van der Waals surface area contributed by atoms with Crippen molar-refractivity contribution in [2.45, 2.75) is 55.4 Å². The third-order valence-electron chi connectivity index (χ3n) is 5.19. The van der Waals surface area contributed by atoms with Crippen molar-refractivity contribution in [1.29, 1.82) is 0 Å². The molecule has 4 rings (SSSR count). The fraction of sp³-hybridized carbons (Fsp3) is 0.409. The Morgan fingerprint density at radius 3 is 2.66 bits per heavy atom. The first-order chi connectivity index (χ1) is 14.2. The molecular weight excluding hydrogens is 404 g/mol. The number of carbonyl (C=O) groups excluding carboxylic acids is 1. The number of rotatable bonds is 6. The molecule has 1 aliphatic carbocycles. The zero-order valence-corrected chi connectivity index (χ0v) is 18.2. The lowest BCUT2D eigenvalue weighted by molar-refractivity contribution is -0.149. The zero-order valence-electron chi connectivity index (χ0n) is 16.6. The molecule has 5 nitrogen and oxygen atoms in total. The van der Waals surface area contributed by atoms with Crippen molar-refractivity contribution >= 4 is 39.3 Å². The minimum absolute atomic E-state index is 0.0701. The number of hydrogen-bond donors (Lipinski definition) is 0. The van der Waals surface area contributed by atoms with Crippen molar-refractivity contribution in [1.82, 2.24) is 9.97 Å². The average Bonchev–Trinajstić information content (AvgIpc) is 3.20. The van der Waals surface area contributed by atoms with Crippen molar-refractivity contribution in [3.63, 3.8) is 0 Å². The number of carbonyl (C=O) groups is 1. The van der Waals surface area contributed by atoms with Crippen LogP contribution >= 0.6 is 23.1 Å². The largest absolute Gasteiger partial charge is 0.497 e. The Kier molecular flexibility index (Phi) is 6.35. The highest BCUT2D eigenvalue weighted by molar-refractivity contribution is 8.00. The molecule has 1 aromatic carbocycles. The van der Waals surface area contributed by atoms with Crippen LogP contribution < -0.4 is 4.74 Å². The molecule has 0 spiro atoms. The van der Waals surface area contributed by atoms with Gasteiger partial charge in [0.1, 0.15) is 33.3 Å². The predicted molar refractivity (Wildman–Crippen MR) is 118 cm³/mol. The van der Waals surface area contributed by atoms with E-state index in [1.54, 1.807) is 24.8 Å². The molecule has 1 atom stereocenters. The van der Waals surface area contributed by atoms with Crippen LogP contribution in [0.3, 0.4) is 0 Å². The van der Waals surface area contributed by atoms with Gasteiger partial charge in [-0.15, -0.1) is 11.3 Å². The average molecular weight is 429 g/mol. The molecule has 2 aromatic heterocycles. The van der Waals surface area contributed by atoms with Gasteiger partial charge in [-0.1, -0.05) is 30.3 Å².